The molecule has 2 heterocycles. The molecule has 0 spiro atoms. The van der Waals surface area contributed by atoms with Crippen molar-refractivity contribution in [2.24, 2.45) is 7.05 Å². The van der Waals surface area contributed by atoms with Crippen LogP contribution in [-0.2, 0) is 24.9 Å². The Morgan fingerprint density at radius 2 is 2.17 bits per heavy atom. The van der Waals surface area contributed by atoms with Crippen LogP contribution in [0.25, 0.3) is 0 Å². The van der Waals surface area contributed by atoms with Crippen molar-refractivity contribution in [3.8, 4) is 0 Å². The second-order valence-corrected chi connectivity index (χ2v) is 5.33. The standard InChI is InChI=1S/C14H18N2OS/c1-3-14(17)16(11-13-7-5-9-18-13)10-12-6-4-8-15(12)2/h4-9H,3,10-11H2,1-2H3. The van der Waals surface area contributed by atoms with Crippen molar-refractivity contribution < 1.29 is 4.79 Å². The first kappa shape index (κ1) is 12.9. The fourth-order valence-electron chi connectivity index (χ4n) is 1.90. The fraction of sp³-hybridized carbons (Fsp3) is 0.357. The van der Waals surface area contributed by atoms with Crippen LogP contribution in [0.3, 0.4) is 0 Å². The number of hydrogen-bond donors (Lipinski definition) is 0. The average molecular weight is 262 g/mol. The molecule has 0 fully saturated rings. The molecule has 0 aliphatic heterocycles. The number of aromatic nitrogens is 1. The molecule has 2 rings (SSSR count). The van der Waals surface area contributed by atoms with Crippen LogP contribution in [0.1, 0.15) is 23.9 Å². The van der Waals surface area contributed by atoms with E-state index >= 15 is 0 Å². The molecular weight excluding hydrogens is 244 g/mol. The van der Waals surface area contributed by atoms with Gasteiger partial charge in [0.2, 0.25) is 5.91 Å². The summed E-state index contributed by atoms with van der Waals surface area (Å²) < 4.78 is 2.06. The number of carbonyl (C=O) groups excluding carboxylic acids is 1. The largest absolute Gasteiger partial charge is 0.353 e. The van der Waals surface area contributed by atoms with E-state index in [2.05, 4.69) is 16.7 Å². The number of hydrogen-bond acceptors (Lipinski definition) is 2. The van der Waals surface area contributed by atoms with Gasteiger partial charge in [-0.25, -0.2) is 0 Å². The van der Waals surface area contributed by atoms with Gasteiger partial charge in [-0.05, 0) is 23.6 Å². The summed E-state index contributed by atoms with van der Waals surface area (Å²) in [4.78, 5) is 15.1. The van der Waals surface area contributed by atoms with Gasteiger partial charge in [-0.3, -0.25) is 4.79 Å². The molecule has 0 saturated carbocycles. The molecule has 0 radical (unpaired) electrons. The third-order valence-corrected chi connectivity index (χ3v) is 3.85. The highest BCUT2D eigenvalue weighted by atomic mass is 32.1. The highest BCUT2D eigenvalue weighted by Gasteiger charge is 2.14. The van der Waals surface area contributed by atoms with Crippen molar-refractivity contribution in [3.63, 3.8) is 0 Å². The smallest absolute Gasteiger partial charge is 0.222 e. The third kappa shape index (κ3) is 3.01. The van der Waals surface area contributed by atoms with Gasteiger partial charge in [0.1, 0.15) is 0 Å². The first-order valence-corrected chi connectivity index (χ1v) is 6.99. The Labute approximate surface area is 112 Å². The lowest BCUT2D eigenvalue weighted by molar-refractivity contribution is -0.132. The number of rotatable bonds is 5. The van der Waals surface area contributed by atoms with E-state index in [1.165, 1.54) is 4.88 Å². The van der Waals surface area contributed by atoms with E-state index in [-0.39, 0.29) is 5.91 Å². The summed E-state index contributed by atoms with van der Waals surface area (Å²) in [5, 5.41) is 2.05. The molecule has 4 heteroatoms. The SMILES string of the molecule is CCC(=O)N(Cc1cccs1)Cc1cccn1C. The molecule has 2 aromatic rings. The number of aryl methyl sites for hydroxylation is 1. The second-order valence-electron chi connectivity index (χ2n) is 4.29. The van der Waals surface area contributed by atoms with E-state index in [1.807, 2.05) is 42.6 Å². The molecule has 1 amide bonds. The lowest BCUT2D eigenvalue weighted by Crippen LogP contribution is -2.29. The zero-order valence-corrected chi connectivity index (χ0v) is 11.6. The quantitative estimate of drug-likeness (QED) is 0.813. The van der Waals surface area contributed by atoms with Crippen LogP contribution in [0, 0.1) is 0 Å². The minimum Gasteiger partial charge on any atom is -0.353 e. The maximum absolute atomic E-state index is 12.0. The summed E-state index contributed by atoms with van der Waals surface area (Å²) in [6, 6.07) is 8.17. The third-order valence-electron chi connectivity index (χ3n) is 2.99. The Balaban J connectivity index is 2.10. The normalized spacial score (nSPS) is 10.6. The highest BCUT2D eigenvalue weighted by molar-refractivity contribution is 7.09. The Bertz CT molecular complexity index is 502. The molecular formula is C14H18N2OS. The zero-order valence-electron chi connectivity index (χ0n) is 10.8. The van der Waals surface area contributed by atoms with Gasteiger partial charge in [0.25, 0.3) is 0 Å². The van der Waals surface area contributed by atoms with Crippen LogP contribution >= 0.6 is 11.3 Å². The van der Waals surface area contributed by atoms with E-state index in [9.17, 15) is 4.79 Å². The maximum atomic E-state index is 12.0. The van der Waals surface area contributed by atoms with E-state index in [0.29, 0.717) is 19.5 Å². The Morgan fingerprint density at radius 3 is 2.72 bits per heavy atom. The van der Waals surface area contributed by atoms with Gasteiger partial charge < -0.3 is 9.47 Å². The van der Waals surface area contributed by atoms with Gasteiger partial charge in [0.05, 0.1) is 13.1 Å². The molecule has 0 bridgehead atoms. The van der Waals surface area contributed by atoms with E-state index in [4.69, 9.17) is 0 Å². The van der Waals surface area contributed by atoms with Crippen molar-refractivity contribution in [2.75, 3.05) is 0 Å². The number of nitrogens with zero attached hydrogens (tertiary/aromatic N) is 2. The van der Waals surface area contributed by atoms with Crippen LogP contribution < -0.4 is 0 Å². The Morgan fingerprint density at radius 1 is 1.33 bits per heavy atom. The lowest BCUT2D eigenvalue weighted by atomic mass is 10.3. The number of carbonyl (C=O) groups is 1. The average Bonchev–Trinajstić information content (AvgIpc) is 3.00. The number of amides is 1. The Hall–Kier alpha value is -1.55. The molecule has 18 heavy (non-hydrogen) atoms. The molecule has 3 nitrogen and oxygen atoms in total. The van der Waals surface area contributed by atoms with Crippen LogP contribution in [0.5, 0.6) is 0 Å². The summed E-state index contributed by atoms with van der Waals surface area (Å²) in [6.07, 6.45) is 2.56. The molecule has 0 unspecified atom stereocenters. The predicted octanol–water partition coefficient (Wildman–Crippen LogP) is 3.03. The summed E-state index contributed by atoms with van der Waals surface area (Å²) >= 11 is 1.70. The summed E-state index contributed by atoms with van der Waals surface area (Å²) in [7, 11) is 2.01. The summed E-state index contributed by atoms with van der Waals surface area (Å²) in [6.45, 7) is 3.29. The van der Waals surface area contributed by atoms with Gasteiger partial charge in [-0.2, -0.15) is 0 Å². The summed E-state index contributed by atoms with van der Waals surface area (Å²) in [5.41, 5.74) is 1.16. The van der Waals surface area contributed by atoms with Crippen LogP contribution in [-0.4, -0.2) is 15.4 Å². The van der Waals surface area contributed by atoms with Gasteiger partial charge in [-0.15, -0.1) is 11.3 Å². The summed E-state index contributed by atoms with van der Waals surface area (Å²) in [5.74, 6) is 0.199. The van der Waals surface area contributed by atoms with Crippen LogP contribution in [0.15, 0.2) is 35.8 Å². The molecule has 0 aromatic carbocycles. The first-order chi connectivity index (χ1) is 8.70. The molecule has 0 saturated heterocycles. The van der Waals surface area contributed by atoms with Crippen molar-refractivity contribution in [3.05, 3.63) is 46.4 Å². The minimum absolute atomic E-state index is 0.199. The fourth-order valence-corrected chi connectivity index (χ4v) is 2.62. The van der Waals surface area contributed by atoms with Gasteiger partial charge in [-0.1, -0.05) is 13.0 Å². The predicted molar refractivity (Wildman–Crippen MR) is 74.3 cm³/mol. The molecule has 96 valence electrons. The Kier molecular flexibility index (Phi) is 4.20. The van der Waals surface area contributed by atoms with E-state index < -0.39 is 0 Å². The monoisotopic (exact) mass is 262 g/mol. The van der Waals surface area contributed by atoms with Gasteiger partial charge in [0.15, 0.2) is 0 Å². The van der Waals surface area contributed by atoms with Crippen LogP contribution in [0.2, 0.25) is 0 Å². The van der Waals surface area contributed by atoms with Crippen molar-refractivity contribution in [2.45, 2.75) is 26.4 Å². The maximum Gasteiger partial charge on any atom is 0.222 e. The number of thiophene rings is 1. The zero-order chi connectivity index (χ0) is 13.0. The molecule has 0 atom stereocenters. The van der Waals surface area contributed by atoms with E-state index in [0.717, 1.165) is 5.69 Å². The molecule has 0 aliphatic carbocycles. The lowest BCUT2D eigenvalue weighted by Gasteiger charge is -2.22. The van der Waals surface area contributed by atoms with Gasteiger partial charge >= 0.3 is 0 Å². The molecule has 0 N–H and O–H groups in total. The van der Waals surface area contributed by atoms with Crippen LogP contribution in [0.4, 0.5) is 0 Å². The minimum atomic E-state index is 0.199. The molecule has 2 aromatic heterocycles. The van der Waals surface area contributed by atoms with Crippen molar-refractivity contribution in [1.29, 1.82) is 0 Å². The highest BCUT2D eigenvalue weighted by Crippen LogP contribution is 2.15. The van der Waals surface area contributed by atoms with Crippen molar-refractivity contribution >= 4 is 17.2 Å². The van der Waals surface area contributed by atoms with Crippen molar-refractivity contribution in [1.82, 2.24) is 9.47 Å². The topological polar surface area (TPSA) is 25.2 Å². The first-order valence-electron chi connectivity index (χ1n) is 6.11. The van der Waals surface area contributed by atoms with E-state index in [1.54, 1.807) is 11.3 Å². The molecule has 0 aliphatic rings. The van der Waals surface area contributed by atoms with Gasteiger partial charge in [0, 0.05) is 30.2 Å². The second kappa shape index (κ2) is 5.87.